The van der Waals surface area contributed by atoms with E-state index in [2.05, 4.69) is 0 Å². The summed E-state index contributed by atoms with van der Waals surface area (Å²) in [4.78, 5) is 0. The Hall–Kier alpha value is -4.30. The van der Waals surface area contributed by atoms with Gasteiger partial charge in [0.15, 0.2) is 0 Å². The highest BCUT2D eigenvalue weighted by molar-refractivity contribution is 6.10. The van der Waals surface area contributed by atoms with Crippen molar-refractivity contribution in [1.82, 2.24) is 4.57 Å². The molecule has 5 aromatic carbocycles. The smallest absolute Gasteiger partial charge is 0.131 e. The van der Waals surface area contributed by atoms with Gasteiger partial charge in [-0.05, 0) is 53.4 Å². The van der Waals surface area contributed by atoms with Gasteiger partial charge in [0, 0.05) is 33.0 Å². The molecule has 0 bridgehead atoms. The maximum atomic E-state index is 9.56. The quantitative estimate of drug-likeness (QED) is 0.246. The monoisotopic (exact) mass is 470 g/mol. The highest BCUT2D eigenvalue weighted by Crippen LogP contribution is 2.48. The van der Waals surface area contributed by atoms with Crippen LogP contribution in [-0.4, -0.2) is 4.57 Å². The second-order valence-corrected chi connectivity index (χ2v) is 8.39. The van der Waals surface area contributed by atoms with Gasteiger partial charge in [-0.2, -0.15) is 0 Å². The van der Waals surface area contributed by atoms with Gasteiger partial charge < -0.3 is 9.30 Å². The molecule has 0 radical (unpaired) electrons. The van der Waals surface area contributed by atoms with Crippen LogP contribution in [0.5, 0.6) is 11.5 Å². The van der Waals surface area contributed by atoms with Crippen LogP contribution < -0.4 is 4.74 Å². The first kappa shape index (κ1) is 8.73. The van der Waals surface area contributed by atoms with Gasteiger partial charge in [0.25, 0.3) is 0 Å². The number of rotatable bonds is 2. The zero-order valence-electron chi connectivity index (χ0n) is 37.4. The number of hydrogen-bond acceptors (Lipinski definition) is 1. The van der Waals surface area contributed by atoms with Gasteiger partial charge in [-0.3, -0.25) is 0 Å². The summed E-state index contributed by atoms with van der Waals surface area (Å²) in [5.74, 6) is -0.683. The molecule has 0 N–H and O–H groups in total. The Morgan fingerprint density at radius 2 is 1.26 bits per heavy atom. The third kappa shape index (κ3) is 2.96. The van der Waals surface area contributed by atoms with E-state index in [9.17, 15) is 4.11 Å². The lowest BCUT2D eigenvalue weighted by molar-refractivity contribution is 0.418. The molecule has 6 aromatic rings. The Kier molecular flexibility index (Phi) is 1.83. The van der Waals surface area contributed by atoms with Gasteiger partial charge in [-0.1, -0.05) is 86.4 Å². The Labute approximate surface area is 231 Å². The number of hydrogen-bond donors (Lipinski definition) is 0. The largest absolute Gasteiger partial charge is 0.457 e. The fourth-order valence-electron chi connectivity index (χ4n) is 4.30. The molecule has 0 spiro atoms. The number of ether oxygens (including phenoxy) is 1. The molecule has 2 nitrogen and oxygen atoms in total. The van der Waals surface area contributed by atoms with Crippen LogP contribution in [0.1, 0.15) is 51.0 Å². The maximum Gasteiger partial charge on any atom is 0.131 e. The van der Waals surface area contributed by atoms with E-state index in [1.165, 1.54) is 13.8 Å². The molecule has 168 valence electrons. The molecule has 1 aliphatic rings. The Morgan fingerprint density at radius 1 is 0.600 bits per heavy atom. The van der Waals surface area contributed by atoms with E-state index in [4.69, 9.17) is 26.7 Å². The van der Waals surface area contributed by atoms with Gasteiger partial charge in [-0.15, -0.1) is 0 Å². The molecule has 2 heteroatoms. The van der Waals surface area contributed by atoms with Gasteiger partial charge >= 0.3 is 0 Å². The summed E-state index contributed by atoms with van der Waals surface area (Å²) >= 11 is 0. The fraction of sp³-hybridized carbons (Fsp3) is 0.0909. The highest BCUT2D eigenvalue weighted by Gasteiger charge is 2.34. The van der Waals surface area contributed by atoms with Gasteiger partial charge in [0.1, 0.15) is 11.5 Å². The topological polar surface area (TPSA) is 14.2 Å². The summed E-state index contributed by atoms with van der Waals surface area (Å²) in [7, 11) is 0. The van der Waals surface area contributed by atoms with Crippen molar-refractivity contribution >= 4 is 21.8 Å². The van der Waals surface area contributed by atoms with Crippen LogP contribution in [0.3, 0.4) is 0 Å². The van der Waals surface area contributed by atoms with Crippen molar-refractivity contribution in [2.24, 2.45) is 0 Å². The maximum absolute atomic E-state index is 9.56. The second-order valence-electron chi connectivity index (χ2n) is 8.39. The predicted molar refractivity (Wildman–Crippen MR) is 145 cm³/mol. The van der Waals surface area contributed by atoms with Gasteiger partial charge in [0.05, 0.1) is 37.1 Å². The summed E-state index contributed by atoms with van der Waals surface area (Å²) in [5, 5.41) is -0.788. The molecule has 1 aromatic heterocycles. The molecule has 0 fully saturated rings. The minimum atomic E-state index is -1.51. The predicted octanol–water partition coefficient (Wildman–Crippen LogP) is 8.88. The first-order chi connectivity index (χ1) is 25.0. The van der Waals surface area contributed by atoms with Crippen LogP contribution in [-0.2, 0) is 5.41 Å². The van der Waals surface area contributed by atoms with E-state index in [0.717, 1.165) is 4.57 Å². The summed E-state index contributed by atoms with van der Waals surface area (Å²) < 4.78 is 172. The van der Waals surface area contributed by atoms with E-state index in [-0.39, 0.29) is 28.0 Å². The molecule has 0 aliphatic carbocycles. The minimum Gasteiger partial charge on any atom is -0.457 e. The summed E-state index contributed by atoms with van der Waals surface area (Å²) in [6, 6.07) is -13.6. The number of para-hydroxylation sites is 3. The minimum absolute atomic E-state index is 0.0592. The standard InChI is InChI=1S/C33H25NO/c1-33(2)27-13-7-9-15-31(27)35-32-19-17-22(20-28(32)33)23-16-18-26-25-12-6-8-14-29(25)34(30(26)21-23)24-10-4-3-5-11-24/h3-21H,1-2H3/i3D,4D,5D,6D,7D,8D,9D,10D,11D,12D,13D,14D,15D,16D,17D,18D,19D,20D,21D. The zero-order valence-corrected chi connectivity index (χ0v) is 18.4. The first-order valence-electron chi connectivity index (χ1n) is 20.1. The van der Waals surface area contributed by atoms with Crippen LogP contribution in [0.25, 0.3) is 38.6 Å². The number of fused-ring (bicyclic) bond motifs is 5. The van der Waals surface area contributed by atoms with Crippen LogP contribution >= 0.6 is 0 Å². The summed E-state index contributed by atoms with van der Waals surface area (Å²) in [6.45, 7) is 3.03. The second kappa shape index (κ2) is 7.35. The SMILES string of the molecule is [2H]c1c([2H])c([2H])c(-n2c3c([2H])c([2H])c([2H])c([2H])c3c3c([2H])c([2H])c(-c4c([2H])c([2H])c5c(c4[2H])C(C)(C)c4c([2H])c([2H])c([2H])c([2H])c4O5)c([2H])c32)c([2H])c1[2H]. The Bertz CT molecular complexity index is 2740. The van der Waals surface area contributed by atoms with Crippen molar-refractivity contribution < 1.29 is 30.8 Å². The van der Waals surface area contributed by atoms with E-state index >= 15 is 0 Å². The average Bonchev–Trinajstić information content (AvgIpc) is 3.47. The zero-order chi connectivity index (χ0) is 40.1. The molecular weight excluding hydrogens is 426 g/mol. The fourth-order valence-corrected chi connectivity index (χ4v) is 4.30. The lowest BCUT2D eigenvalue weighted by Gasteiger charge is -2.34. The van der Waals surface area contributed by atoms with Crippen molar-refractivity contribution in [3.8, 4) is 28.3 Å². The third-order valence-corrected chi connectivity index (χ3v) is 6.00. The van der Waals surface area contributed by atoms with E-state index in [1.54, 1.807) is 0 Å². The van der Waals surface area contributed by atoms with Crippen molar-refractivity contribution in [2.45, 2.75) is 19.3 Å². The van der Waals surface area contributed by atoms with Crippen molar-refractivity contribution in [3.63, 3.8) is 0 Å². The third-order valence-electron chi connectivity index (χ3n) is 6.00. The van der Waals surface area contributed by atoms with Crippen molar-refractivity contribution in [1.29, 1.82) is 0 Å². The summed E-state index contributed by atoms with van der Waals surface area (Å²) in [6.07, 6.45) is 0. The Balaban J connectivity index is 1.71. The molecule has 0 amide bonds. The molecule has 35 heavy (non-hydrogen) atoms. The molecule has 0 unspecified atom stereocenters. The number of aromatic nitrogens is 1. The molecular formula is C33H25NO. The van der Waals surface area contributed by atoms with E-state index in [0.29, 0.717) is 0 Å². The van der Waals surface area contributed by atoms with Crippen molar-refractivity contribution in [3.05, 3.63) is 126 Å². The van der Waals surface area contributed by atoms with Crippen LogP contribution in [0.2, 0.25) is 0 Å². The van der Waals surface area contributed by atoms with Crippen LogP contribution in [0, 0.1) is 0 Å². The molecule has 0 saturated carbocycles. The number of nitrogens with zero attached hydrogens (tertiary/aromatic N) is 1. The lowest BCUT2D eigenvalue weighted by Crippen LogP contribution is -2.24. The van der Waals surface area contributed by atoms with Crippen LogP contribution in [0.4, 0.5) is 0 Å². The molecule has 7 rings (SSSR count). The Morgan fingerprint density at radius 3 is 2.14 bits per heavy atom. The van der Waals surface area contributed by atoms with E-state index < -0.39 is 153 Å². The first-order valence-corrected chi connectivity index (χ1v) is 10.6. The normalized spacial score (nSPS) is 21.5. The number of benzene rings is 5. The highest BCUT2D eigenvalue weighted by atomic mass is 16.5. The molecule has 2 heterocycles. The van der Waals surface area contributed by atoms with Crippen molar-refractivity contribution in [2.75, 3.05) is 0 Å². The molecule has 0 saturated heterocycles. The van der Waals surface area contributed by atoms with Gasteiger partial charge in [0.2, 0.25) is 0 Å². The lowest BCUT2D eigenvalue weighted by atomic mass is 9.75. The van der Waals surface area contributed by atoms with E-state index in [1.807, 2.05) is 0 Å². The molecule has 1 aliphatic heterocycles. The van der Waals surface area contributed by atoms with Crippen LogP contribution in [0.15, 0.2) is 115 Å². The average molecular weight is 471 g/mol. The summed E-state index contributed by atoms with van der Waals surface area (Å²) in [5.41, 5.74) is -4.43. The van der Waals surface area contributed by atoms with Gasteiger partial charge in [-0.25, -0.2) is 0 Å². The molecule has 0 atom stereocenters.